The molecule has 0 saturated carbocycles. The van der Waals surface area contributed by atoms with Crippen LogP contribution in [-0.4, -0.2) is 28.8 Å². The lowest BCUT2D eigenvalue weighted by molar-refractivity contribution is -0.129. The number of benzene rings is 1. The number of aryl methyl sites for hydroxylation is 1. The summed E-state index contributed by atoms with van der Waals surface area (Å²) in [5.74, 6) is 0.0459. The average Bonchev–Trinajstić information content (AvgIpc) is 2.95. The van der Waals surface area contributed by atoms with Crippen LogP contribution in [0, 0.1) is 12.3 Å². The molecule has 0 radical (unpaired) electrons. The van der Waals surface area contributed by atoms with Gasteiger partial charge in [0.25, 0.3) is 0 Å². The van der Waals surface area contributed by atoms with Crippen molar-refractivity contribution in [3.63, 3.8) is 0 Å². The van der Waals surface area contributed by atoms with Gasteiger partial charge in [0.2, 0.25) is 5.91 Å². The number of carbonyl (C=O) groups excluding carboxylic acids is 1. The van der Waals surface area contributed by atoms with Crippen molar-refractivity contribution in [2.24, 2.45) is 0 Å². The van der Waals surface area contributed by atoms with Gasteiger partial charge in [-0.25, -0.2) is 4.98 Å². The van der Waals surface area contributed by atoms with Crippen LogP contribution in [0.15, 0.2) is 29.6 Å². The molecule has 1 aliphatic heterocycles. The maximum absolute atomic E-state index is 12.0. The summed E-state index contributed by atoms with van der Waals surface area (Å²) in [4.78, 5) is 18.1. The lowest BCUT2D eigenvalue weighted by Crippen LogP contribution is -2.58. The Hall–Kier alpha value is -2.21. The summed E-state index contributed by atoms with van der Waals surface area (Å²) in [6.45, 7) is 3.97. The number of nitrogens with one attached hydrogen (secondary N) is 2. The minimum absolute atomic E-state index is 0.0708. The predicted octanol–water partition coefficient (Wildman–Crippen LogP) is 2.72. The molecule has 1 aliphatic rings. The molecule has 2 heterocycles. The SMILES string of the molecule is Cc1cccc(-c2csc([C@]3(C)CC(=O)N(C)C(=N)N3)n2)c1. The molecule has 2 N–H and O–H groups in total. The molecule has 22 heavy (non-hydrogen) atoms. The Morgan fingerprint density at radius 1 is 1.45 bits per heavy atom. The van der Waals surface area contributed by atoms with Crippen molar-refractivity contribution in [2.45, 2.75) is 25.8 Å². The molecule has 1 aromatic heterocycles. The highest BCUT2D eigenvalue weighted by Gasteiger charge is 2.40. The van der Waals surface area contributed by atoms with E-state index in [0.717, 1.165) is 16.3 Å². The molecule has 1 amide bonds. The second-order valence-electron chi connectivity index (χ2n) is 5.84. The average molecular weight is 314 g/mol. The number of amides is 1. The van der Waals surface area contributed by atoms with Gasteiger partial charge in [0.15, 0.2) is 5.96 Å². The van der Waals surface area contributed by atoms with E-state index in [2.05, 4.69) is 24.4 Å². The molecule has 1 saturated heterocycles. The van der Waals surface area contributed by atoms with E-state index >= 15 is 0 Å². The molecule has 3 rings (SSSR count). The number of hydrogen-bond donors (Lipinski definition) is 2. The van der Waals surface area contributed by atoms with Gasteiger partial charge in [-0.15, -0.1) is 11.3 Å². The Labute approximate surface area is 133 Å². The fourth-order valence-electron chi connectivity index (χ4n) is 2.53. The van der Waals surface area contributed by atoms with E-state index in [9.17, 15) is 4.79 Å². The monoisotopic (exact) mass is 314 g/mol. The first-order valence-electron chi connectivity index (χ1n) is 7.05. The highest BCUT2D eigenvalue weighted by molar-refractivity contribution is 7.10. The van der Waals surface area contributed by atoms with E-state index in [1.165, 1.54) is 21.8 Å². The predicted molar refractivity (Wildman–Crippen MR) is 87.9 cm³/mol. The highest BCUT2D eigenvalue weighted by atomic mass is 32.1. The van der Waals surface area contributed by atoms with Gasteiger partial charge >= 0.3 is 0 Å². The lowest BCUT2D eigenvalue weighted by Gasteiger charge is -2.37. The van der Waals surface area contributed by atoms with E-state index in [1.807, 2.05) is 24.4 Å². The molecule has 114 valence electrons. The molecule has 5 nitrogen and oxygen atoms in total. The van der Waals surface area contributed by atoms with Gasteiger partial charge in [-0.05, 0) is 19.9 Å². The maximum Gasteiger partial charge on any atom is 0.231 e. The topological polar surface area (TPSA) is 69.1 Å². The Kier molecular flexibility index (Phi) is 3.48. The van der Waals surface area contributed by atoms with Gasteiger partial charge in [0.05, 0.1) is 17.7 Å². The molecular formula is C16H18N4OS. The van der Waals surface area contributed by atoms with Crippen LogP contribution in [0.25, 0.3) is 11.3 Å². The number of nitrogens with zero attached hydrogens (tertiary/aromatic N) is 2. The largest absolute Gasteiger partial charge is 0.344 e. The fourth-order valence-corrected chi connectivity index (χ4v) is 3.47. The van der Waals surface area contributed by atoms with E-state index in [-0.39, 0.29) is 11.9 Å². The van der Waals surface area contributed by atoms with Crippen molar-refractivity contribution in [3.8, 4) is 11.3 Å². The standard InChI is InChI=1S/C16H18N4OS/c1-10-5-4-6-11(7-10)12-9-22-14(18-12)16(2)8-13(21)20(3)15(17)19-16/h4-7,9H,8H2,1-3H3,(H2,17,19)/t16-/m0/s1. The second-order valence-corrected chi connectivity index (χ2v) is 6.70. The number of thiazole rings is 1. The normalized spacial score (nSPS) is 21.9. The summed E-state index contributed by atoms with van der Waals surface area (Å²) in [6, 6.07) is 8.19. The maximum atomic E-state index is 12.0. The number of guanidine groups is 1. The third kappa shape index (κ3) is 2.50. The number of carbonyl (C=O) groups is 1. The Balaban J connectivity index is 1.93. The molecule has 1 aromatic carbocycles. The number of hydrogen-bond acceptors (Lipinski definition) is 4. The smallest absolute Gasteiger partial charge is 0.231 e. The van der Waals surface area contributed by atoms with Crippen LogP contribution in [0.2, 0.25) is 0 Å². The van der Waals surface area contributed by atoms with Crippen molar-refractivity contribution < 1.29 is 4.79 Å². The number of rotatable bonds is 2. The molecular weight excluding hydrogens is 296 g/mol. The van der Waals surface area contributed by atoms with Crippen molar-refractivity contribution >= 4 is 23.2 Å². The van der Waals surface area contributed by atoms with Gasteiger partial charge in [-0.2, -0.15) is 0 Å². The molecule has 0 bridgehead atoms. The summed E-state index contributed by atoms with van der Waals surface area (Å²) >= 11 is 1.52. The first-order chi connectivity index (χ1) is 10.4. The molecule has 0 unspecified atom stereocenters. The molecule has 2 aromatic rings. The highest BCUT2D eigenvalue weighted by Crippen LogP contribution is 2.33. The van der Waals surface area contributed by atoms with Crippen LogP contribution >= 0.6 is 11.3 Å². The van der Waals surface area contributed by atoms with Crippen molar-refractivity contribution in [1.82, 2.24) is 15.2 Å². The molecule has 0 spiro atoms. The summed E-state index contributed by atoms with van der Waals surface area (Å²) in [5, 5.41) is 13.8. The minimum Gasteiger partial charge on any atom is -0.344 e. The van der Waals surface area contributed by atoms with Gasteiger partial charge in [-0.1, -0.05) is 23.8 Å². The van der Waals surface area contributed by atoms with Crippen LogP contribution in [0.3, 0.4) is 0 Å². The first kappa shape index (κ1) is 14.7. The minimum atomic E-state index is -0.618. The fraction of sp³-hybridized carbons (Fsp3) is 0.312. The van der Waals surface area contributed by atoms with Crippen LogP contribution < -0.4 is 5.32 Å². The third-order valence-electron chi connectivity index (χ3n) is 3.90. The Morgan fingerprint density at radius 2 is 2.23 bits per heavy atom. The zero-order valence-corrected chi connectivity index (χ0v) is 13.6. The summed E-state index contributed by atoms with van der Waals surface area (Å²) < 4.78 is 0. The second kappa shape index (κ2) is 5.21. The van der Waals surface area contributed by atoms with Crippen LogP contribution in [0.1, 0.15) is 23.9 Å². The lowest BCUT2D eigenvalue weighted by atomic mass is 9.95. The molecule has 1 fully saturated rings. The van der Waals surface area contributed by atoms with E-state index in [1.54, 1.807) is 7.05 Å². The van der Waals surface area contributed by atoms with E-state index in [4.69, 9.17) is 10.4 Å². The van der Waals surface area contributed by atoms with Gasteiger partial charge < -0.3 is 5.32 Å². The zero-order chi connectivity index (χ0) is 15.9. The first-order valence-corrected chi connectivity index (χ1v) is 7.93. The molecule has 6 heteroatoms. The van der Waals surface area contributed by atoms with Crippen LogP contribution in [0.5, 0.6) is 0 Å². The quantitative estimate of drug-likeness (QED) is 0.895. The van der Waals surface area contributed by atoms with Gasteiger partial charge in [-0.3, -0.25) is 15.1 Å². The van der Waals surface area contributed by atoms with Crippen molar-refractivity contribution in [3.05, 3.63) is 40.2 Å². The molecule has 0 aliphatic carbocycles. The van der Waals surface area contributed by atoms with E-state index < -0.39 is 5.54 Å². The third-order valence-corrected chi connectivity index (χ3v) is 5.00. The van der Waals surface area contributed by atoms with E-state index in [0.29, 0.717) is 6.42 Å². The van der Waals surface area contributed by atoms with Crippen molar-refractivity contribution in [2.75, 3.05) is 7.05 Å². The summed E-state index contributed by atoms with van der Waals surface area (Å²) in [7, 11) is 1.61. The zero-order valence-electron chi connectivity index (χ0n) is 12.8. The Morgan fingerprint density at radius 3 is 2.91 bits per heavy atom. The molecule has 1 atom stereocenters. The van der Waals surface area contributed by atoms with Crippen molar-refractivity contribution in [1.29, 1.82) is 5.41 Å². The Bertz CT molecular complexity index is 734. The van der Waals surface area contributed by atoms with Gasteiger partial charge in [0, 0.05) is 18.0 Å². The summed E-state index contributed by atoms with van der Waals surface area (Å²) in [5.41, 5.74) is 2.55. The number of aromatic nitrogens is 1. The van der Waals surface area contributed by atoms with Crippen LogP contribution in [0.4, 0.5) is 0 Å². The van der Waals surface area contributed by atoms with Crippen LogP contribution in [-0.2, 0) is 10.3 Å². The summed E-state index contributed by atoms with van der Waals surface area (Å²) in [6.07, 6.45) is 0.298. The van der Waals surface area contributed by atoms with Gasteiger partial charge in [0.1, 0.15) is 5.01 Å².